The molecule has 7 heteroatoms. The first kappa shape index (κ1) is 15.3. The lowest BCUT2D eigenvalue weighted by Gasteiger charge is -2.11. The van der Waals surface area contributed by atoms with Gasteiger partial charge in [-0.2, -0.15) is 5.10 Å². The normalized spacial score (nSPS) is 14.2. The zero-order valence-electron chi connectivity index (χ0n) is 14.0. The van der Waals surface area contributed by atoms with Crippen LogP contribution in [0.3, 0.4) is 0 Å². The predicted octanol–water partition coefficient (Wildman–Crippen LogP) is 3.96. The largest absolute Gasteiger partial charge is 0.261 e. The van der Waals surface area contributed by atoms with Crippen molar-refractivity contribution in [2.45, 2.75) is 25.7 Å². The van der Waals surface area contributed by atoms with E-state index in [9.17, 15) is 0 Å². The number of benzene rings is 1. The topological polar surface area (TPSA) is 76.0 Å². The van der Waals surface area contributed by atoms with Gasteiger partial charge in [-0.15, -0.1) is 11.3 Å². The van der Waals surface area contributed by atoms with E-state index in [0.29, 0.717) is 0 Å². The van der Waals surface area contributed by atoms with Crippen molar-refractivity contribution in [3.05, 3.63) is 52.9 Å². The molecule has 0 radical (unpaired) electrons. The second-order valence-electron chi connectivity index (χ2n) is 6.29. The number of hydrogen-bond donors (Lipinski definition) is 1. The molecule has 5 rings (SSSR count). The molecule has 1 aromatic carbocycles. The standard InChI is InChI=1S/C19H16N6S/c1-2-4-16-13(3-1)17-18(22-11-23-19(17)26-16)25-24-10-12-5-6-14-15(9-12)21-8-7-20-14/h5-11H,1-4H2,(H,22,23,25)/b24-10-. The van der Waals surface area contributed by atoms with Gasteiger partial charge in [-0.25, -0.2) is 9.97 Å². The first-order chi connectivity index (χ1) is 12.9. The number of thiophene rings is 1. The molecule has 0 saturated heterocycles. The van der Waals surface area contributed by atoms with Crippen LogP contribution < -0.4 is 5.43 Å². The fourth-order valence-electron chi connectivity index (χ4n) is 3.40. The number of fused-ring (bicyclic) bond motifs is 4. The van der Waals surface area contributed by atoms with Gasteiger partial charge in [0.1, 0.15) is 11.2 Å². The Hall–Kier alpha value is -2.93. The summed E-state index contributed by atoms with van der Waals surface area (Å²) in [4.78, 5) is 20.0. The summed E-state index contributed by atoms with van der Waals surface area (Å²) in [5.74, 6) is 0.784. The molecule has 128 valence electrons. The fraction of sp³-hybridized carbons (Fsp3) is 0.211. The third-order valence-electron chi connectivity index (χ3n) is 4.63. The highest BCUT2D eigenvalue weighted by molar-refractivity contribution is 7.19. The Morgan fingerprint density at radius 1 is 1.00 bits per heavy atom. The molecule has 26 heavy (non-hydrogen) atoms. The van der Waals surface area contributed by atoms with Crippen LogP contribution in [0.5, 0.6) is 0 Å². The lowest BCUT2D eigenvalue weighted by Crippen LogP contribution is -2.01. The summed E-state index contributed by atoms with van der Waals surface area (Å²) in [6, 6.07) is 5.89. The Morgan fingerprint density at radius 3 is 2.85 bits per heavy atom. The molecule has 0 fully saturated rings. The van der Waals surface area contributed by atoms with Gasteiger partial charge < -0.3 is 0 Å². The fourth-order valence-corrected chi connectivity index (χ4v) is 4.63. The molecule has 0 aliphatic heterocycles. The molecule has 0 spiro atoms. The monoisotopic (exact) mass is 360 g/mol. The zero-order valence-corrected chi connectivity index (χ0v) is 14.8. The van der Waals surface area contributed by atoms with Crippen molar-refractivity contribution in [1.29, 1.82) is 0 Å². The summed E-state index contributed by atoms with van der Waals surface area (Å²) in [6.07, 6.45) is 11.5. The number of nitrogens with zero attached hydrogens (tertiary/aromatic N) is 5. The van der Waals surface area contributed by atoms with Crippen molar-refractivity contribution in [2.24, 2.45) is 5.10 Å². The number of aryl methyl sites for hydroxylation is 2. The quantitative estimate of drug-likeness (QED) is 0.442. The molecule has 0 atom stereocenters. The van der Waals surface area contributed by atoms with E-state index in [1.807, 2.05) is 18.2 Å². The number of hydrogen-bond acceptors (Lipinski definition) is 7. The summed E-state index contributed by atoms with van der Waals surface area (Å²) in [5.41, 5.74) is 7.20. The first-order valence-electron chi connectivity index (χ1n) is 8.63. The summed E-state index contributed by atoms with van der Waals surface area (Å²) >= 11 is 1.79. The van der Waals surface area contributed by atoms with Gasteiger partial charge in [0.2, 0.25) is 0 Å². The molecular weight excluding hydrogens is 344 g/mol. The second-order valence-corrected chi connectivity index (χ2v) is 7.37. The minimum Gasteiger partial charge on any atom is -0.261 e. The van der Waals surface area contributed by atoms with Gasteiger partial charge in [0.05, 0.1) is 22.6 Å². The van der Waals surface area contributed by atoms with Crippen LogP contribution in [0.15, 0.2) is 42.0 Å². The van der Waals surface area contributed by atoms with Crippen LogP contribution >= 0.6 is 11.3 Å². The maximum atomic E-state index is 4.45. The van der Waals surface area contributed by atoms with Crippen LogP contribution in [0.1, 0.15) is 28.8 Å². The van der Waals surface area contributed by atoms with Crippen molar-refractivity contribution in [2.75, 3.05) is 5.43 Å². The molecule has 3 aromatic heterocycles. The Labute approximate surface area is 154 Å². The van der Waals surface area contributed by atoms with Gasteiger partial charge in [0.25, 0.3) is 0 Å². The van der Waals surface area contributed by atoms with Gasteiger partial charge in [-0.1, -0.05) is 6.07 Å². The molecule has 1 N–H and O–H groups in total. The molecule has 0 saturated carbocycles. The number of anilines is 1. The molecule has 0 amide bonds. The Bertz CT molecular complexity index is 1130. The first-order valence-corrected chi connectivity index (χ1v) is 9.45. The smallest absolute Gasteiger partial charge is 0.158 e. The third-order valence-corrected chi connectivity index (χ3v) is 5.83. The molecule has 0 bridgehead atoms. The van der Waals surface area contributed by atoms with E-state index in [1.54, 1.807) is 36.3 Å². The summed E-state index contributed by atoms with van der Waals surface area (Å²) in [6.45, 7) is 0. The minimum atomic E-state index is 0.784. The van der Waals surface area contributed by atoms with Crippen molar-refractivity contribution < 1.29 is 0 Å². The Morgan fingerprint density at radius 2 is 1.88 bits per heavy atom. The van der Waals surface area contributed by atoms with Crippen molar-refractivity contribution in [3.8, 4) is 0 Å². The molecule has 3 heterocycles. The van der Waals surface area contributed by atoms with Crippen molar-refractivity contribution in [3.63, 3.8) is 0 Å². The van der Waals surface area contributed by atoms with E-state index >= 15 is 0 Å². The van der Waals surface area contributed by atoms with Crippen LogP contribution in [0.2, 0.25) is 0 Å². The number of rotatable bonds is 3. The highest BCUT2D eigenvalue weighted by Crippen LogP contribution is 2.38. The second kappa shape index (κ2) is 6.42. The van der Waals surface area contributed by atoms with Crippen LogP contribution in [0.4, 0.5) is 5.82 Å². The highest BCUT2D eigenvalue weighted by atomic mass is 32.1. The lowest BCUT2D eigenvalue weighted by atomic mass is 9.97. The predicted molar refractivity (Wildman–Crippen MR) is 105 cm³/mol. The SMILES string of the molecule is C(=N/Nc1ncnc2sc3c(c12)CCCC3)/c1ccc2nccnc2c1. The molecule has 1 aliphatic rings. The van der Waals surface area contributed by atoms with Crippen LogP contribution in [-0.4, -0.2) is 26.2 Å². The van der Waals surface area contributed by atoms with Crippen LogP contribution in [0, 0.1) is 0 Å². The molecular formula is C19H16N6S. The van der Waals surface area contributed by atoms with E-state index in [1.165, 1.54) is 23.3 Å². The average molecular weight is 360 g/mol. The van der Waals surface area contributed by atoms with Gasteiger partial charge >= 0.3 is 0 Å². The molecule has 0 unspecified atom stereocenters. The average Bonchev–Trinajstić information content (AvgIpc) is 3.07. The zero-order chi connectivity index (χ0) is 17.3. The third kappa shape index (κ3) is 2.70. The van der Waals surface area contributed by atoms with E-state index in [-0.39, 0.29) is 0 Å². The van der Waals surface area contributed by atoms with Crippen molar-refractivity contribution in [1.82, 2.24) is 19.9 Å². The van der Waals surface area contributed by atoms with E-state index in [0.717, 1.165) is 45.5 Å². The van der Waals surface area contributed by atoms with E-state index in [2.05, 4.69) is 30.5 Å². The number of nitrogens with one attached hydrogen (secondary N) is 1. The van der Waals surface area contributed by atoms with Gasteiger partial charge in [-0.05, 0) is 48.9 Å². The maximum Gasteiger partial charge on any atom is 0.158 e. The summed E-state index contributed by atoms with van der Waals surface area (Å²) in [7, 11) is 0. The number of aromatic nitrogens is 4. The van der Waals surface area contributed by atoms with Gasteiger partial charge in [-0.3, -0.25) is 15.4 Å². The summed E-state index contributed by atoms with van der Waals surface area (Å²) < 4.78 is 0. The van der Waals surface area contributed by atoms with Gasteiger partial charge in [0.15, 0.2) is 5.82 Å². The molecule has 1 aliphatic carbocycles. The summed E-state index contributed by atoms with van der Waals surface area (Å²) in [5, 5.41) is 5.52. The van der Waals surface area contributed by atoms with Gasteiger partial charge in [0, 0.05) is 17.3 Å². The molecule has 6 nitrogen and oxygen atoms in total. The Kier molecular flexibility index (Phi) is 3.79. The van der Waals surface area contributed by atoms with Crippen LogP contribution in [-0.2, 0) is 12.8 Å². The van der Waals surface area contributed by atoms with Crippen LogP contribution in [0.25, 0.3) is 21.3 Å². The van der Waals surface area contributed by atoms with E-state index in [4.69, 9.17) is 0 Å². The molecule has 4 aromatic rings. The number of hydrazone groups is 1. The van der Waals surface area contributed by atoms with Crippen molar-refractivity contribution >= 4 is 44.6 Å². The van der Waals surface area contributed by atoms with E-state index < -0.39 is 0 Å². The minimum absolute atomic E-state index is 0.784. The maximum absolute atomic E-state index is 4.45. The highest BCUT2D eigenvalue weighted by Gasteiger charge is 2.19. The Balaban J connectivity index is 1.45. The lowest BCUT2D eigenvalue weighted by molar-refractivity contribution is 0.700.